The first kappa shape index (κ1) is 22.8. The first-order valence-electron chi connectivity index (χ1n) is 8.09. The molecule has 0 saturated carbocycles. The van der Waals surface area contributed by atoms with Crippen molar-refractivity contribution in [2.24, 2.45) is 0 Å². The van der Waals surface area contributed by atoms with Gasteiger partial charge in [-0.3, -0.25) is 10.1 Å². The number of carbonyl (C=O) groups is 1. The van der Waals surface area contributed by atoms with Gasteiger partial charge in [-0.2, -0.15) is 23.0 Å². The summed E-state index contributed by atoms with van der Waals surface area (Å²) < 4.78 is 49.8. The number of hydrogen-bond acceptors (Lipinski definition) is 6. The van der Waals surface area contributed by atoms with Crippen molar-refractivity contribution in [1.29, 1.82) is 0 Å². The van der Waals surface area contributed by atoms with Crippen LogP contribution in [-0.4, -0.2) is 33.4 Å². The zero-order valence-corrected chi connectivity index (χ0v) is 16.5. The monoisotopic (exact) mass is 455 g/mol. The highest BCUT2D eigenvalue weighted by Crippen LogP contribution is 2.40. The molecule has 1 aromatic carbocycles. The lowest BCUT2D eigenvalue weighted by molar-refractivity contribution is -0.386. The fourth-order valence-corrected chi connectivity index (χ4v) is 2.84. The van der Waals surface area contributed by atoms with Crippen molar-refractivity contribution in [3.05, 3.63) is 44.1 Å². The van der Waals surface area contributed by atoms with Gasteiger partial charge >= 0.3 is 17.8 Å². The van der Waals surface area contributed by atoms with Gasteiger partial charge in [0.05, 0.1) is 27.1 Å². The van der Waals surface area contributed by atoms with Gasteiger partial charge in [-0.1, -0.05) is 30.1 Å². The molecule has 0 aliphatic heterocycles. The fourth-order valence-electron chi connectivity index (χ4n) is 2.19. The highest BCUT2D eigenvalue weighted by Gasteiger charge is 2.34. The highest BCUT2D eigenvalue weighted by molar-refractivity contribution is 6.37. The summed E-state index contributed by atoms with van der Waals surface area (Å²) in [6, 6.07) is 1.19. The van der Waals surface area contributed by atoms with Crippen LogP contribution in [0.25, 0.3) is 5.69 Å². The number of rotatable bonds is 7. The van der Waals surface area contributed by atoms with E-state index in [1.807, 2.05) is 0 Å². The number of halogens is 5. The van der Waals surface area contributed by atoms with Crippen LogP contribution in [0.3, 0.4) is 0 Å². The van der Waals surface area contributed by atoms with E-state index in [-0.39, 0.29) is 12.3 Å². The van der Waals surface area contributed by atoms with Crippen LogP contribution < -0.4 is 4.74 Å². The molecule has 1 atom stereocenters. The standard InChI is InChI=1S/C16H14Cl2F3N3O5/c1-3-4-28-15(25)8(2)29-14-12(24(26)27)7-22-23(14)13-10(17)5-9(6-11(13)18)16(19,20)21/h5-8H,3-4H2,1-2H3. The smallest absolute Gasteiger partial charge is 0.416 e. The second kappa shape index (κ2) is 8.87. The molecule has 29 heavy (non-hydrogen) atoms. The number of nitrogens with zero attached hydrogens (tertiary/aromatic N) is 3. The van der Waals surface area contributed by atoms with E-state index in [9.17, 15) is 28.1 Å². The van der Waals surface area contributed by atoms with Gasteiger partial charge < -0.3 is 9.47 Å². The molecule has 2 rings (SSSR count). The lowest BCUT2D eigenvalue weighted by Crippen LogP contribution is -2.27. The summed E-state index contributed by atoms with van der Waals surface area (Å²) in [6.07, 6.45) is -4.64. The molecular formula is C16H14Cl2F3N3O5. The van der Waals surface area contributed by atoms with E-state index in [2.05, 4.69) is 5.10 Å². The minimum absolute atomic E-state index is 0.116. The lowest BCUT2D eigenvalue weighted by atomic mass is 10.2. The second-order valence-corrected chi connectivity index (χ2v) is 6.53. The van der Waals surface area contributed by atoms with Crippen LogP contribution in [0.15, 0.2) is 18.3 Å². The van der Waals surface area contributed by atoms with Gasteiger partial charge in [0.25, 0.3) is 5.88 Å². The molecule has 0 bridgehead atoms. The summed E-state index contributed by atoms with van der Waals surface area (Å²) in [4.78, 5) is 22.4. The molecule has 0 radical (unpaired) electrons. The Labute approximate surface area is 172 Å². The molecule has 1 aromatic heterocycles. The van der Waals surface area contributed by atoms with E-state index < -0.39 is 50.3 Å². The van der Waals surface area contributed by atoms with Crippen molar-refractivity contribution in [2.45, 2.75) is 32.5 Å². The third-order valence-electron chi connectivity index (χ3n) is 3.53. The van der Waals surface area contributed by atoms with Crippen LogP contribution >= 0.6 is 23.2 Å². The summed E-state index contributed by atoms with van der Waals surface area (Å²) in [5.41, 5.74) is -2.04. The molecule has 1 unspecified atom stereocenters. The molecule has 1 heterocycles. The van der Waals surface area contributed by atoms with Crippen LogP contribution in [0.2, 0.25) is 10.0 Å². The minimum atomic E-state index is -4.71. The number of benzene rings is 1. The summed E-state index contributed by atoms with van der Waals surface area (Å²) in [5, 5.41) is 14.1. The highest BCUT2D eigenvalue weighted by atomic mass is 35.5. The number of ether oxygens (including phenoxy) is 2. The lowest BCUT2D eigenvalue weighted by Gasteiger charge is -2.16. The molecule has 0 spiro atoms. The van der Waals surface area contributed by atoms with Crippen LogP contribution in [0, 0.1) is 10.1 Å². The molecule has 2 aromatic rings. The predicted octanol–water partition coefficient (Wildman–Crippen LogP) is 4.83. The molecule has 0 aliphatic rings. The van der Waals surface area contributed by atoms with Crippen molar-refractivity contribution >= 4 is 34.9 Å². The molecule has 0 saturated heterocycles. The molecule has 0 fully saturated rings. The van der Waals surface area contributed by atoms with E-state index >= 15 is 0 Å². The van der Waals surface area contributed by atoms with E-state index in [4.69, 9.17) is 32.7 Å². The number of alkyl halides is 3. The van der Waals surface area contributed by atoms with Crippen molar-refractivity contribution in [3.8, 4) is 11.6 Å². The maximum atomic E-state index is 12.9. The molecule has 0 amide bonds. The quantitative estimate of drug-likeness (QED) is 0.337. The summed E-state index contributed by atoms with van der Waals surface area (Å²) >= 11 is 11.9. The maximum absolute atomic E-state index is 12.9. The van der Waals surface area contributed by atoms with Crippen molar-refractivity contribution in [3.63, 3.8) is 0 Å². The minimum Gasteiger partial charge on any atom is -0.463 e. The number of nitro groups is 1. The van der Waals surface area contributed by atoms with Crippen molar-refractivity contribution in [2.75, 3.05) is 6.61 Å². The van der Waals surface area contributed by atoms with Gasteiger partial charge in [-0.25, -0.2) is 4.79 Å². The number of carbonyl (C=O) groups excluding carboxylic acids is 1. The summed E-state index contributed by atoms with van der Waals surface area (Å²) in [7, 11) is 0. The number of hydrogen-bond donors (Lipinski definition) is 0. The molecule has 13 heteroatoms. The second-order valence-electron chi connectivity index (χ2n) is 5.72. The Morgan fingerprint density at radius 3 is 2.41 bits per heavy atom. The van der Waals surface area contributed by atoms with Crippen molar-refractivity contribution in [1.82, 2.24) is 9.78 Å². The molecule has 8 nitrogen and oxygen atoms in total. The molecule has 158 valence electrons. The van der Waals surface area contributed by atoms with Crippen molar-refractivity contribution < 1.29 is 32.4 Å². The summed E-state index contributed by atoms with van der Waals surface area (Å²) in [5.74, 6) is -1.34. The first-order valence-corrected chi connectivity index (χ1v) is 8.85. The molecule has 0 N–H and O–H groups in total. The topological polar surface area (TPSA) is 96.5 Å². The average molecular weight is 456 g/mol. The maximum Gasteiger partial charge on any atom is 0.416 e. The van der Waals surface area contributed by atoms with E-state index in [1.54, 1.807) is 6.92 Å². The molecular weight excluding hydrogens is 442 g/mol. The van der Waals surface area contributed by atoms with Gasteiger partial charge in [0.1, 0.15) is 11.9 Å². The first-order chi connectivity index (χ1) is 13.5. The van der Waals surface area contributed by atoms with Gasteiger partial charge in [0.15, 0.2) is 6.10 Å². The number of aromatic nitrogens is 2. The van der Waals surface area contributed by atoms with Crippen LogP contribution in [-0.2, 0) is 15.7 Å². The fraction of sp³-hybridized carbons (Fsp3) is 0.375. The van der Waals surface area contributed by atoms with Gasteiger partial charge in [-0.15, -0.1) is 0 Å². The largest absolute Gasteiger partial charge is 0.463 e. The third-order valence-corrected chi connectivity index (χ3v) is 4.10. The predicted molar refractivity (Wildman–Crippen MR) is 96.6 cm³/mol. The Morgan fingerprint density at radius 1 is 1.34 bits per heavy atom. The Bertz CT molecular complexity index is 910. The Morgan fingerprint density at radius 2 is 1.93 bits per heavy atom. The van der Waals surface area contributed by atoms with E-state index in [1.165, 1.54) is 6.92 Å². The van der Waals surface area contributed by atoms with Crippen LogP contribution in [0.4, 0.5) is 18.9 Å². The van der Waals surface area contributed by atoms with Crippen LogP contribution in [0.1, 0.15) is 25.8 Å². The zero-order chi connectivity index (χ0) is 21.9. The SMILES string of the molecule is CCCOC(=O)C(C)Oc1c([N+](=O)[O-])cnn1-c1c(Cl)cc(C(F)(F)F)cc1Cl. The summed E-state index contributed by atoms with van der Waals surface area (Å²) in [6.45, 7) is 3.17. The third kappa shape index (κ3) is 5.10. The van der Waals surface area contributed by atoms with E-state index in [0.717, 1.165) is 10.9 Å². The van der Waals surface area contributed by atoms with Gasteiger partial charge in [0, 0.05) is 0 Å². The Hall–Kier alpha value is -2.53. The zero-order valence-electron chi connectivity index (χ0n) is 15.0. The molecule has 0 aliphatic carbocycles. The number of esters is 1. The van der Waals surface area contributed by atoms with Gasteiger partial charge in [0.2, 0.25) is 0 Å². The Kier molecular flexibility index (Phi) is 6.96. The van der Waals surface area contributed by atoms with Crippen LogP contribution in [0.5, 0.6) is 5.88 Å². The average Bonchev–Trinajstić information content (AvgIpc) is 3.01. The Balaban J connectivity index is 2.53. The normalized spacial score (nSPS) is 12.5. The van der Waals surface area contributed by atoms with Gasteiger partial charge in [-0.05, 0) is 25.5 Å². The van der Waals surface area contributed by atoms with E-state index in [0.29, 0.717) is 18.6 Å².